The molecule has 122 valence electrons. The van der Waals surface area contributed by atoms with E-state index in [1.807, 2.05) is 6.92 Å². The van der Waals surface area contributed by atoms with Crippen LogP contribution in [-0.4, -0.2) is 36.9 Å². The number of carbonyl (C=O) groups is 1. The van der Waals surface area contributed by atoms with Gasteiger partial charge in [0.2, 0.25) is 5.91 Å². The van der Waals surface area contributed by atoms with Crippen molar-refractivity contribution in [1.29, 1.82) is 0 Å². The molecule has 2 N–H and O–H groups in total. The maximum Gasteiger partial charge on any atom is 0.231 e. The molecule has 1 atom stereocenters. The van der Waals surface area contributed by atoms with Crippen molar-refractivity contribution in [3.63, 3.8) is 0 Å². The largest absolute Gasteiger partial charge is 0.394 e. The molecule has 0 bridgehead atoms. The summed E-state index contributed by atoms with van der Waals surface area (Å²) in [5, 5.41) is 12.0. The second kappa shape index (κ2) is 7.15. The highest BCUT2D eigenvalue weighted by Crippen LogP contribution is 2.37. The quantitative estimate of drug-likeness (QED) is 0.873. The Kier molecular flexibility index (Phi) is 5.47. The third-order valence-corrected chi connectivity index (χ3v) is 4.28. The van der Waals surface area contributed by atoms with E-state index < -0.39 is 17.0 Å². The fraction of sp³-hybridized carbons (Fsp3) is 0.562. The molecule has 1 aromatic rings. The Labute approximate surface area is 128 Å². The highest BCUT2D eigenvalue weighted by molar-refractivity contribution is 5.88. The SMILES string of the molecule is CCC(CO)NC(=O)C1(c2ccc(F)cc2F)CCOCC1. The number of nitrogens with one attached hydrogen (secondary N) is 1. The summed E-state index contributed by atoms with van der Waals surface area (Å²) in [6, 6.07) is 2.90. The molecule has 0 radical (unpaired) electrons. The number of benzene rings is 1. The van der Waals surface area contributed by atoms with E-state index in [1.165, 1.54) is 6.07 Å². The van der Waals surface area contributed by atoms with Gasteiger partial charge in [-0.2, -0.15) is 0 Å². The second-order valence-corrected chi connectivity index (χ2v) is 5.58. The Balaban J connectivity index is 2.37. The maximum atomic E-state index is 14.2. The smallest absolute Gasteiger partial charge is 0.231 e. The van der Waals surface area contributed by atoms with Crippen LogP contribution in [0.15, 0.2) is 18.2 Å². The molecule has 1 unspecified atom stereocenters. The molecular formula is C16H21F2NO3. The third kappa shape index (κ3) is 3.28. The number of aliphatic hydroxyl groups excluding tert-OH is 1. The van der Waals surface area contributed by atoms with Crippen LogP contribution in [0.5, 0.6) is 0 Å². The van der Waals surface area contributed by atoms with E-state index in [9.17, 15) is 18.7 Å². The number of halogens is 2. The fourth-order valence-electron chi connectivity index (χ4n) is 2.82. The van der Waals surface area contributed by atoms with E-state index in [1.54, 1.807) is 0 Å². The van der Waals surface area contributed by atoms with Gasteiger partial charge >= 0.3 is 0 Å². The lowest BCUT2D eigenvalue weighted by atomic mass is 9.73. The van der Waals surface area contributed by atoms with Crippen molar-refractivity contribution >= 4 is 5.91 Å². The first-order valence-electron chi connectivity index (χ1n) is 7.48. The van der Waals surface area contributed by atoms with Crippen molar-refractivity contribution in [2.45, 2.75) is 37.6 Å². The van der Waals surface area contributed by atoms with Gasteiger partial charge in [-0.25, -0.2) is 8.78 Å². The van der Waals surface area contributed by atoms with Crippen molar-refractivity contribution in [3.8, 4) is 0 Å². The summed E-state index contributed by atoms with van der Waals surface area (Å²) in [6.45, 7) is 2.33. The minimum absolute atomic E-state index is 0.180. The van der Waals surface area contributed by atoms with E-state index >= 15 is 0 Å². The summed E-state index contributed by atoms with van der Waals surface area (Å²) in [4.78, 5) is 12.7. The van der Waals surface area contributed by atoms with Gasteiger partial charge in [0, 0.05) is 24.8 Å². The number of ether oxygens (including phenoxy) is 1. The van der Waals surface area contributed by atoms with Crippen LogP contribution in [0.3, 0.4) is 0 Å². The van der Waals surface area contributed by atoms with Crippen LogP contribution in [-0.2, 0) is 14.9 Å². The maximum absolute atomic E-state index is 14.2. The van der Waals surface area contributed by atoms with Crippen molar-refractivity contribution in [1.82, 2.24) is 5.32 Å². The first-order valence-corrected chi connectivity index (χ1v) is 7.48. The Morgan fingerprint density at radius 2 is 2.09 bits per heavy atom. The Morgan fingerprint density at radius 1 is 1.41 bits per heavy atom. The van der Waals surface area contributed by atoms with Gasteiger partial charge < -0.3 is 15.2 Å². The van der Waals surface area contributed by atoms with Crippen molar-refractivity contribution in [2.75, 3.05) is 19.8 Å². The number of amides is 1. The number of carbonyl (C=O) groups excluding carboxylic acids is 1. The van der Waals surface area contributed by atoms with Crippen LogP contribution in [0.2, 0.25) is 0 Å². The molecule has 1 heterocycles. The summed E-state index contributed by atoms with van der Waals surface area (Å²) >= 11 is 0. The van der Waals surface area contributed by atoms with Gasteiger partial charge in [-0.3, -0.25) is 4.79 Å². The number of hydrogen-bond donors (Lipinski definition) is 2. The lowest BCUT2D eigenvalue weighted by Crippen LogP contribution is -2.52. The molecule has 0 saturated carbocycles. The summed E-state index contributed by atoms with van der Waals surface area (Å²) < 4.78 is 32.7. The predicted molar refractivity (Wildman–Crippen MR) is 77.4 cm³/mol. The Morgan fingerprint density at radius 3 is 2.64 bits per heavy atom. The fourth-order valence-corrected chi connectivity index (χ4v) is 2.82. The first kappa shape index (κ1) is 16.8. The number of rotatable bonds is 5. The average Bonchev–Trinajstić information content (AvgIpc) is 2.52. The van der Waals surface area contributed by atoms with Crippen molar-refractivity contribution in [3.05, 3.63) is 35.4 Å². The third-order valence-electron chi connectivity index (χ3n) is 4.28. The van der Waals surface area contributed by atoms with E-state index in [4.69, 9.17) is 4.74 Å². The predicted octanol–water partition coefficient (Wildman–Crippen LogP) is 1.90. The lowest BCUT2D eigenvalue weighted by molar-refractivity contribution is -0.131. The van der Waals surface area contributed by atoms with Crippen LogP contribution in [0, 0.1) is 11.6 Å². The van der Waals surface area contributed by atoms with E-state index in [0.29, 0.717) is 32.5 Å². The van der Waals surface area contributed by atoms with Gasteiger partial charge in [0.15, 0.2) is 0 Å². The summed E-state index contributed by atoms with van der Waals surface area (Å²) in [5.74, 6) is -1.75. The molecule has 2 rings (SSSR count). The van der Waals surface area contributed by atoms with Crippen LogP contribution in [0.1, 0.15) is 31.7 Å². The van der Waals surface area contributed by atoms with Gasteiger partial charge in [0.25, 0.3) is 0 Å². The highest BCUT2D eigenvalue weighted by atomic mass is 19.1. The zero-order valence-corrected chi connectivity index (χ0v) is 12.6. The normalized spacial score (nSPS) is 18.7. The van der Waals surface area contributed by atoms with E-state index in [0.717, 1.165) is 12.1 Å². The van der Waals surface area contributed by atoms with E-state index in [2.05, 4.69) is 5.32 Å². The lowest BCUT2D eigenvalue weighted by Gasteiger charge is -2.37. The highest BCUT2D eigenvalue weighted by Gasteiger charge is 2.44. The van der Waals surface area contributed by atoms with Crippen LogP contribution in [0.4, 0.5) is 8.78 Å². The Hall–Kier alpha value is -1.53. The topological polar surface area (TPSA) is 58.6 Å². The zero-order valence-electron chi connectivity index (χ0n) is 12.6. The van der Waals surface area contributed by atoms with Crippen molar-refractivity contribution in [2.24, 2.45) is 0 Å². The van der Waals surface area contributed by atoms with Crippen molar-refractivity contribution < 1.29 is 23.4 Å². The second-order valence-electron chi connectivity index (χ2n) is 5.58. The molecule has 1 fully saturated rings. The van der Waals surface area contributed by atoms with Gasteiger partial charge in [-0.05, 0) is 25.3 Å². The molecule has 1 saturated heterocycles. The van der Waals surface area contributed by atoms with E-state index in [-0.39, 0.29) is 24.1 Å². The summed E-state index contributed by atoms with van der Waals surface area (Å²) in [6.07, 6.45) is 1.22. The molecule has 1 amide bonds. The Bertz CT molecular complexity index is 526. The van der Waals surface area contributed by atoms with Gasteiger partial charge in [-0.15, -0.1) is 0 Å². The molecule has 22 heavy (non-hydrogen) atoms. The molecule has 6 heteroatoms. The zero-order chi connectivity index (χ0) is 16.2. The molecular weight excluding hydrogens is 292 g/mol. The molecule has 1 aromatic carbocycles. The number of aliphatic hydroxyl groups is 1. The molecule has 0 aliphatic carbocycles. The minimum atomic E-state index is -1.08. The summed E-state index contributed by atoms with van der Waals surface area (Å²) in [5.41, 5.74) is -0.902. The van der Waals surface area contributed by atoms with Crippen LogP contribution < -0.4 is 5.32 Å². The number of hydrogen-bond acceptors (Lipinski definition) is 3. The van der Waals surface area contributed by atoms with Gasteiger partial charge in [0.05, 0.1) is 18.1 Å². The molecule has 1 aliphatic rings. The first-order chi connectivity index (χ1) is 10.5. The van der Waals surface area contributed by atoms with Crippen LogP contribution >= 0.6 is 0 Å². The molecule has 4 nitrogen and oxygen atoms in total. The average molecular weight is 313 g/mol. The summed E-state index contributed by atoms with van der Waals surface area (Å²) in [7, 11) is 0. The minimum Gasteiger partial charge on any atom is -0.394 e. The van der Waals surface area contributed by atoms with Crippen LogP contribution in [0.25, 0.3) is 0 Å². The molecule has 1 aliphatic heterocycles. The molecule has 0 aromatic heterocycles. The van der Waals surface area contributed by atoms with Gasteiger partial charge in [-0.1, -0.05) is 13.0 Å². The molecule has 0 spiro atoms. The van der Waals surface area contributed by atoms with Gasteiger partial charge in [0.1, 0.15) is 11.6 Å². The monoisotopic (exact) mass is 313 g/mol. The standard InChI is InChI=1S/C16H21F2NO3/c1-2-12(10-20)19-15(21)16(5-7-22-8-6-16)13-4-3-11(17)9-14(13)18/h3-4,9,12,20H,2,5-8,10H2,1H3,(H,19,21).